The van der Waals surface area contributed by atoms with Gasteiger partial charge in [0.05, 0.1) is 12.6 Å². The fraction of sp³-hybridized carbons (Fsp3) is 0.444. The largest absolute Gasteiger partial charge is 0.454 e. The number of hydrogen-bond donors (Lipinski definition) is 2. The monoisotopic (exact) mass is 342 g/mol. The van der Waals surface area contributed by atoms with Gasteiger partial charge in [0.25, 0.3) is 0 Å². The molecule has 1 atom stereocenters. The van der Waals surface area contributed by atoms with Crippen LogP contribution in [0.5, 0.6) is 11.5 Å². The Morgan fingerprint density at radius 3 is 3.12 bits per heavy atom. The summed E-state index contributed by atoms with van der Waals surface area (Å²) in [7, 11) is 0. The van der Waals surface area contributed by atoms with Crippen LogP contribution in [0, 0.1) is 0 Å². The summed E-state index contributed by atoms with van der Waals surface area (Å²) in [6.45, 7) is 1.92. The highest BCUT2D eigenvalue weighted by atomic mass is 16.7. The van der Waals surface area contributed by atoms with Gasteiger partial charge in [0.2, 0.25) is 6.79 Å². The molecule has 7 heteroatoms. The van der Waals surface area contributed by atoms with Gasteiger partial charge >= 0.3 is 0 Å². The summed E-state index contributed by atoms with van der Waals surface area (Å²) in [5.74, 6) is 3.18. The van der Waals surface area contributed by atoms with E-state index in [2.05, 4.69) is 20.2 Å². The number of benzene rings is 1. The van der Waals surface area contributed by atoms with Crippen molar-refractivity contribution in [1.82, 2.24) is 9.97 Å². The topological polar surface area (TPSA) is 79.7 Å². The van der Waals surface area contributed by atoms with E-state index in [0.29, 0.717) is 6.54 Å². The second kappa shape index (κ2) is 7.14. The molecule has 3 heterocycles. The van der Waals surface area contributed by atoms with Crippen molar-refractivity contribution in [2.24, 2.45) is 0 Å². The molecule has 132 valence electrons. The molecule has 1 unspecified atom stereocenters. The quantitative estimate of drug-likeness (QED) is 0.862. The van der Waals surface area contributed by atoms with Gasteiger partial charge in [0.15, 0.2) is 11.5 Å². The Morgan fingerprint density at radius 1 is 1.24 bits per heavy atom. The maximum atomic E-state index is 9.61. The molecule has 0 radical (unpaired) electrons. The number of ether oxygens (including phenoxy) is 2. The Hall–Kier alpha value is -2.54. The van der Waals surface area contributed by atoms with E-state index in [1.165, 1.54) is 0 Å². The first-order valence-corrected chi connectivity index (χ1v) is 8.66. The molecule has 0 amide bonds. The maximum Gasteiger partial charge on any atom is 0.231 e. The van der Waals surface area contributed by atoms with Gasteiger partial charge in [-0.2, -0.15) is 0 Å². The van der Waals surface area contributed by atoms with Crippen LogP contribution < -0.4 is 19.7 Å². The lowest BCUT2D eigenvalue weighted by Crippen LogP contribution is -2.42. The first-order chi connectivity index (χ1) is 12.3. The van der Waals surface area contributed by atoms with E-state index in [9.17, 15) is 5.11 Å². The van der Waals surface area contributed by atoms with E-state index >= 15 is 0 Å². The van der Waals surface area contributed by atoms with Crippen molar-refractivity contribution in [2.75, 3.05) is 30.2 Å². The summed E-state index contributed by atoms with van der Waals surface area (Å²) in [4.78, 5) is 10.9. The van der Waals surface area contributed by atoms with Gasteiger partial charge < -0.3 is 24.8 Å². The molecule has 0 bridgehead atoms. The van der Waals surface area contributed by atoms with E-state index in [-0.39, 0.29) is 19.4 Å². The highest BCUT2D eigenvalue weighted by Crippen LogP contribution is 2.35. The van der Waals surface area contributed by atoms with Crippen molar-refractivity contribution >= 4 is 11.6 Å². The van der Waals surface area contributed by atoms with Gasteiger partial charge in [0, 0.05) is 24.7 Å². The number of fused-ring (bicyclic) bond motifs is 1. The minimum absolute atomic E-state index is 0.138. The lowest BCUT2D eigenvalue weighted by atomic mass is 10.0. The molecule has 0 saturated carbocycles. The summed E-state index contributed by atoms with van der Waals surface area (Å²) < 4.78 is 10.9. The van der Waals surface area contributed by atoms with Crippen LogP contribution in [-0.2, 0) is 6.54 Å². The van der Waals surface area contributed by atoms with Gasteiger partial charge in [0.1, 0.15) is 18.0 Å². The molecular weight excluding hydrogens is 320 g/mol. The van der Waals surface area contributed by atoms with Crippen molar-refractivity contribution in [3.05, 3.63) is 36.2 Å². The SMILES string of the molecule is OCC1CCCCN1c1cc(NCc2cccc3c2OCO3)ncn1. The minimum atomic E-state index is 0.138. The second-order valence-electron chi connectivity index (χ2n) is 6.29. The molecule has 1 aromatic heterocycles. The predicted octanol–water partition coefficient (Wildman–Crippen LogP) is 2.17. The molecule has 1 fully saturated rings. The Kier molecular flexibility index (Phi) is 4.56. The molecule has 7 nitrogen and oxygen atoms in total. The molecule has 2 N–H and O–H groups in total. The Morgan fingerprint density at radius 2 is 2.20 bits per heavy atom. The van der Waals surface area contributed by atoms with Crippen LogP contribution in [0.2, 0.25) is 0 Å². The van der Waals surface area contributed by atoms with Crippen molar-refractivity contribution < 1.29 is 14.6 Å². The second-order valence-corrected chi connectivity index (χ2v) is 6.29. The molecule has 4 rings (SSSR count). The van der Waals surface area contributed by atoms with Gasteiger partial charge in [-0.25, -0.2) is 9.97 Å². The van der Waals surface area contributed by atoms with Crippen molar-refractivity contribution in [3.8, 4) is 11.5 Å². The van der Waals surface area contributed by atoms with Gasteiger partial charge in [-0.3, -0.25) is 0 Å². The molecule has 25 heavy (non-hydrogen) atoms. The maximum absolute atomic E-state index is 9.61. The summed E-state index contributed by atoms with van der Waals surface area (Å²) >= 11 is 0. The molecule has 2 aliphatic heterocycles. The molecule has 2 aromatic rings. The van der Waals surface area contributed by atoms with E-state index in [0.717, 1.165) is 54.5 Å². The number of para-hydroxylation sites is 1. The Balaban J connectivity index is 1.48. The third kappa shape index (κ3) is 3.32. The molecule has 1 aromatic carbocycles. The number of rotatable bonds is 5. The number of hydrogen-bond acceptors (Lipinski definition) is 7. The number of anilines is 2. The molecule has 2 aliphatic rings. The zero-order valence-corrected chi connectivity index (χ0v) is 14.0. The third-order valence-corrected chi connectivity index (χ3v) is 4.72. The van der Waals surface area contributed by atoms with E-state index in [1.54, 1.807) is 6.33 Å². The van der Waals surface area contributed by atoms with Crippen molar-refractivity contribution in [3.63, 3.8) is 0 Å². The standard InChI is InChI=1S/C18H22N4O3/c23-10-14-5-1-2-7-22(14)17-8-16(20-11-21-17)19-9-13-4-3-6-15-18(13)25-12-24-15/h3-4,6,8,11,14,23H,1-2,5,7,9-10,12H2,(H,19,20,21). The zero-order chi connectivity index (χ0) is 17.1. The predicted molar refractivity (Wildman–Crippen MR) is 94.0 cm³/mol. The van der Waals surface area contributed by atoms with Gasteiger partial charge in [-0.05, 0) is 25.3 Å². The lowest BCUT2D eigenvalue weighted by Gasteiger charge is -2.35. The van der Waals surface area contributed by atoms with Crippen molar-refractivity contribution in [1.29, 1.82) is 0 Å². The molecule has 0 aliphatic carbocycles. The summed E-state index contributed by atoms with van der Waals surface area (Å²) in [5, 5.41) is 12.9. The summed E-state index contributed by atoms with van der Waals surface area (Å²) in [6.07, 6.45) is 4.84. The third-order valence-electron chi connectivity index (χ3n) is 4.72. The van der Waals surface area contributed by atoms with E-state index < -0.39 is 0 Å². The normalized spacial score (nSPS) is 19.1. The smallest absolute Gasteiger partial charge is 0.231 e. The van der Waals surface area contributed by atoms with Crippen LogP contribution in [-0.4, -0.2) is 41.1 Å². The van der Waals surface area contributed by atoms with Gasteiger partial charge in [-0.1, -0.05) is 12.1 Å². The van der Waals surface area contributed by atoms with Crippen LogP contribution >= 0.6 is 0 Å². The van der Waals surface area contributed by atoms with Crippen LogP contribution in [0.3, 0.4) is 0 Å². The van der Waals surface area contributed by atoms with Crippen LogP contribution in [0.25, 0.3) is 0 Å². The fourth-order valence-electron chi connectivity index (χ4n) is 3.41. The summed E-state index contributed by atoms with van der Waals surface area (Å²) in [5.41, 5.74) is 1.03. The highest BCUT2D eigenvalue weighted by Gasteiger charge is 2.23. The zero-order valence-electron chi connectivity index (χ0n) is 14.0. The van der Waals surface area contributed by atoms with E-state index in [4.69, 9.17) is 9.47 Å². The summed E-state index contributed by atoms with van der Waals surface area (Å²) in [6, 6.07) is 7.94. The molecular formula is C18H22N4O3. The minimum Gasteiger partial charge on any atom is -0.454 e. The first-order valence-electron chi connectivity index (χ1n) is 8.66. The number of nitrogens with zero attached hydrogens (tertiary/aromatic N) is 3. The highest BCUT2D eigenvalue weighted by molar-refractivity contribution is 5.52. The Labute approximate surface area is 146 Å². The van der Waals surface area contributed by atoms with Crippen molar-refractivity contribution in [2.45, 2.75) is 31.8 Å². The number of piperidine rings is 1. The van der Waals surface area contributed by atoms with Crippen LogP contribution in [0.15, 0.2) is 30.6 Å². The van der Waals surface area contributed by atoms with Crippen LogP contribution in [0.4, 0.5) is 11.6 Å². The molecule has 1 saturated heterocycles. The first kappa shape index (κ1) is 16.0. The van der Waals surface area contributed by atoms with Crippen LogP contribution in [0.1, 0.15) is 24.8 Å². The number of aliphatic hydroxyl groups excluding tert-OH is 1. The number of nitrogens with one attached hydrogen (secondary N) is 1. The van der Waals surface area contributed by atoms with Gasteiger partial charge in [-0.15, -0.1) is 0 Å². The molecule has 0 spiro atoms. The van der Waals surface area contributed by atoms with E-state index in [1.807, 2.05) is 24.3 Å². The Bertz CT molecular complexity index is 740. The number of aromatic nitrogens is 2. The lowest BCUT2D eigenvalue weighted by molar-refractivity contribution is 0.173. The fourth-order valence-corrected chi connectivity index (χ4v) is 3.41. The number of aliphatic hydroxyl groups is 1. The average molecular weight is 342 g/mol. The average Bonchev–Trinajstić information content (AvgIpc) is 3.16.